The number of hydrogen-bond donors (Lipinski definition) is 1. The van der Waals surface area contributed by atoms with Crippen LogP contribution in [0, 0.1) is 8.99 Å². The van der Waals surface area contributed by atoms with Gasteiger partial charge in [0.05, 0.1) is 16.3 Å². The van der Waals surface area contributed by atoms with Crippen LogP contribution in [0.4, 0.5) is 5.69 Å². The number of nitrogens with one attached hydrogen (secondary N) is 1. The molecule has 1 aromatic carbocycles. The molecule has 2 heterocycles. The van der Waals surface area contributed by atoms with Crippen molar-refractivity contribution < 1.29 is 4.79 Å². The lowest BCUT2D eigenvalue weighted by Gasteiger charge is -2.18. The first-order chi connectivity index (χ1) is 11.2. The minimum Gasteiger partial charge on any atom is -0.323 e. The maximum Gasteiger partial charge on any atom is 0.229 e. The number of nitrogens with zero attached hydrogens (tertiary/aromatic N) is 1. The summed E-state index contributed by atoms with van der Waals surface area (Å²) in [4.78, 5) is 17.6. The van der Waals surface area contributed by atoms with Gasteiger partial charge in [0.2, 0.25) is 5.91 Å². The average molecular weight is 471 g/mol. The summed E-state index contributed by atoms with van der Waals surface area (Å²) in [6.45, 7) is 5.57. The van der Waals surface area contributed by atoms with Crippen molar-refractivity contribution in [2.75, 3.05) is 5.32 Å². The van der Waals surface area contributed by atoms with Crippen LogP contribution in [0.1, 0.15) is 20.8 Å². The molecule has 0 unspecified atom stereocenters. The molecule has 2 aromatic heterocycles. The Morgan fingerprint density at radius 3 is 2.62 bits per heavy atom. The van der Waals surface area contributed by atoms with Crippen molar-refractivity contribution in [1.82, 2.24) is 4.98 Å². The van der Waals surface area contributed by atoms with E-state index in [4.69, 9.17) is 11.6 Å². The summed E-state index contributed by atoms with van der Waals surface area (Å²) < 4.78 is 2.43. The first-order valence-corrected chi connectivity index (χ1v) is 9.69. The van der Waals surface area contributed by atoms with E-state index < -0.39 is 5.41 Å². The van der Waals surface area contributed by atoms with Crippen molar-refractivity contribution in [2.24, 2.45) is 5.41 Å². The lowest BCUT2D eigenvalue weighted by Crippen LogP contribution is -2.27. The lowest BCUT2D eigenvalue weighted by molar-refractivity contribution is -0.123. The van der Waals surface area contributed by atoms with Gasteiger partial charge in [-0.3, -0.25) is 4.79 Å². The number of carbonyl (C=O) groups excluding carboxylic acids is 1. The Hall–Kier alpha value is -1.18. The largest absolute Gasteiger partial charge is 0.323 e. The topological polar surface area (TPSA) is 42.0 Å². The van der Waals surface area contributed by atoms with E-state index in [9.17, 15) is 4.79 Å². The fraction of sp³-hybridized carbons (Fsp3) is 0.222. The summed E-state index contributed by atoms with van der Waals surface area (Å²) in [5, 5.41) is 4.33. The summed E-state index contributed by atoms with van der Waals surface area (Å²) in [6, 6.07) is 12.2. The Morgan fingerprint density at radius 1 is 1.21 bits per heavy atom. The van der Waals surface area contributed by atoms with Crippen LogP contribution in [-0.2, 0) is 4.79 Å². The highest BCUT2D eigenvalue weighted by atomic mass is 127. The molecule has 1 N–H and O–H groups in total. The predicted octanol–water partition coefficient (Wildman–Crippen LogP) is 6.21. The number of fused-ring (bicyclic) bond motifs is 1. The maximum absolute atomic E-state index is 12.1. The molecule has 0 aliphatic carbocycles. The molecule has 0 fully saturated rings. The molecule has 6 heteroatoms. The van der Waals surface area contributed by atoms with Crippen LogP contribution in [0.3, 0.4) is 0 Å². The third-order valence-corrected chi connectivity index (χ3v) is 5.59. The van der Waals surface area contributed by atoms with Crippen molar-refractivity contribution >= 4 is 67.2 Å². The van der Waals surface area contributed by atoms with Crippen molar-refractivity contribution in [1.29, 1.82) is 0 Å². The first kappa shape index (κ1) is 17.6. The number of aromatic nitrogens is 1. The highest BCUT2D eigenvalue weighted by molar-refractivity contribution is 14.1. The number of anilines is 1. The fourth-order valence-corrected chi connectivity index (χ4v) is 4.08. The number of hydrogen-bond acceptors (Lipinski definition) is 3. The van der Waals surface area contributed by atoms with Crippen LogP contribution in [0.15, 0.2) is 36.4 Å². The molecule has 24 heavy (non-hydrogen) atoms. The molecule has 0 saturated heterocycles. The summed E-state index contributed by atoms with van der Waals surface area (Å²) in [7, 11) is 0. The summed E-state index contributed by atoms with van der Waals surface area (Å²) >= 11 is 10.3. The molecule has 0 spiro atoms. The van der Waals surface area contributed by atoms with E-state index in [0.717, 1.165) is 10.6 Å². The average Bonchev–Trinajstić information content (AvgIpc) is 2.91. The third kappa shape index (κ3) is 3.73. The van der Waals surface area contributed by atoms with Gasteiger partial charge in [0, 0.05) is 13.7 Å². The molecular weight excluding hydrogens is 455 g/mol. The van der Waals surface area contributed by atoms with Gasteiger partial charge in [0.1, 0.15) is 0 Å². The van der Waals surface area contributed by atoms with Gasteiger partial charge in [-0.25, -0.2) is 4.98 Å². The van der Waals surface area contributed by atoms with Gasteiger partial charge < -0.3 is 5.32 Å². The Bertz CT molecular complexity index is 930. The number of carbonyl (C=O) groups is 1. The summed E-state index contributed by atoms with van der Waals surface area (Å²) in [5.41, 5.74) is 0.867. The van der Waals surface area contributed by atoms with Gasteiger partial charge in [-0.05, 0) is 58.3 Å². The Kier molecular flexibility index (Phi) is 4.86. The van der Waals surface area contributed by atoms with Gasteiger partial charge in [0.15, 0.2) is 5.15 Å². The summed E-state index contributed by atoms with van der Waals surface area (Å²) in [6.07, 6.45) is 0. The quantitative estimate of drug-likeness (QED) is 0.357. The van der Waals surface area contributed by atoms with E-state index in [1.54, 1.807) is 11.3 Å². The SMILES string of the molecule is CC(C)(C)C(=O)Nc1ccc(-c2cc3ccc(I)cc3s2)nc1Cl. The van der Waals surface area contributed by atoms with Crippen LogP contribution in [-0.4, -0.2) is 10.9 Å². The third-order valence-electron chi connectivity index (χ3n) is 3.51. The van der Waals surface area contributed by atoms with Gasteiger partial charge in [-0.1, -0.05) is 38.4 Å². The van der Waals surface area contributed by atoms with Gasteiger partial charge >= 0.3 is 0 Å². The Balaban J connectivity index is 1.92. The van der Waals surface area contributed by atoms with E-state index in [-0.39, 0.29) is 5.91 Å². The van der Waals surface area contributed by atoms with E-state index >= 15 is 0 Å². The molecular formula is C18H16ClIN2OS. The van der Waals surface area contributed by atoms with Crippen LogP contribution < -0.4 is 5.32 Å². The highest BCUT2D eigenvalue weighted by Crippen LogP contribution is 2.35. The van der Waals surface area contributed by atoms with Gasteiger partial charge in [-0.15, -0.1) is 11.3 Å². The van der Waals surface area contributed by atoms with Gasteiger partial charge in [-0.2, -0.15) is 0 Å². The molecule has 3 nitrogen and oxygen atoms in total. The van der Waals surface area contributed by atoms with E-state index in [1.165, 1.54) is 13.7 Å². The standard InChI is InChI=1S/C18H16ClIN2OS/c1-18(2,3)17(23)22-13-7-6-12(21-16(13)19)15-8-10-4-5-11(20)9-14(10)24-15/h4-9H,1-3H3,(H,22,23). The number of rotatable bonds is 2. The molecule has 0 aliphatic rings. The fourth-order valence-electron chi connectivity index (χ4n) is 2.11. The zero-order chi connectivity index (χ0) is 17.5. The van der Waals surface area contributed by atoms with Crippen LogP contribution in [0.25, 0.3) is 20.7 Å². The monoisotopic (exact) mass is 470 g/mol. The number of pyridine rings is 1. The molecule has 0 saturated carbocycles. The van der Waals surface area contributed by atoms with Crippen molar-refractivity contribution in [3.8, 4) is 10.6 Å². The molecule has 0 atom stereocenters. The molecule has 0 aliphatic heterocycles. The van der Waals surface area contributed by atoms with E-state index in [1.807, 2.05) is 32.9 Å². The molecule has 124 valence electrons. The minimum atomic E-state index is -0.482. The van der Waals surface area contributed by atoms with Gasteiger partial charge in [0.25, 0.3) is 0 Å². The normalized spacial score (nSPS) is 11.7. The minimum absolute atomic E-state index is 0.0876. The van der Waals surface area contributed by atoms with Crippen LogP contribution in [0.2, 0.25) is 5.15 Å². The second-order valence-corrected chi connectivity index (χ2v) is 9.22. The van der Waals surface area contributed by atoms with Crippen molar-refractivity contribution in [2.45, 2.75) is 20.8 Å². The zero-order valence-corrected chi connectivity index (χ0v) is 17.2. The molecule has 0 radical (unpaired) electrons. The maximum atomic E-state index is 12.1. The second-order valence-electron chi connectivity index (χ2n) is 6.53. The molecule has 1 amide bonds. The van der Waals surface area contributed by atoms with Crippen LogP contribution in [0.5, 0.6) is 0 Å². The van der Waals surface area contributed by atoms with E-state index in [0.29, 0.717) is 10.8 Å². The van der Waals surface area contributed by atoms with Crippen molar-refractivity contribution in [3.05, 3.63) is 45.1 Å². The Morgan fingerprint density at radius 2 is 1.96 bits per heavy atom. The smallest absolute Gasteiger partial charge is 0.229 e. The number of thiophene rings is 1. The summed E-state index contributed by atoms with van der Waals surface area (Å²) in [5.74, 6) is -0.0876. The highest BCUT2D eigenvalue weighted by Gasteiger charge is 2.22. The number of halogens is 2. The van der Waals surface area contributed by atoms with E-state index in [2.05, 4.69) is 57.2 Å². The molecule has 3 rings (SSSR count). The number of amides is 1. The molecule has 3 aromatic rings. The Labute approximate surface area is 163 Å². The van der Waals surface area contributed by atoms with Crippen molar-refractivity contribution in [3.63, 3.8) is 0 Å². The zero-order valence-electron chi connectivity index (χ0n) is 13.5. The number of benzene rings is 1. The lowest BCUT2D eigenvalue weighted by atomic mass is 9.95. The second kappa shape index (κ2) is 6.61. The predicted molar refractivity (Wildman–Crippen MR) is 111 cm³/mol. The van der Waals surface area contributed by atoms with Crippen LogP contribution >= 0.6 is 45.5 Å². The molecule has 0 bridgehead atoms. The first-order valence-electron chi connectivity index (χ1n) is 7.41.